The van der Waals surface area contributed by atoms with Crippen molar-refractivity contribution in [3.8, 4) is 5.75 Å². The van der Waals surface area contributed by atoms with Gasteiger partial charge < -0.3 is 19.5 Å². The van der Waals surface area contributed by atoms with Gasteiger partial charge in [-0.2, -0.15) is 0 Å². The van der Waals surface area contributed by atoms with E-state index in [0.717, 1.165) is 0 Å². The summed E-state index contributed by atoms with van der Waals surface area (Å²) in [5.74, 6) is 0.133. The molecule has 138 valence electrons. The fourth-order valence-electron chi connectivity index (χ4n) is 2.14. The fourth-order valence-corrected chi connectivity index (χ4v) is 2.26. The Labute approximate surface area is 156 Å². The lowest BCUT2D eigenvalue weighted by Crippen LogP contribution is -2.27. The number of ether oxygens (including phenoxy) is 2. The van der Waals surface area contributed by atoms with Crippen molar-refractivity contribution >= 4 is 23.5 Å². The number of nitrogens with zero attached hydrogens (tertiary/aromatic N) is 1. The third kappa shape index (κ3) is 6.15. The van der Waals surface area contributed by atoms with E-state index < -0.39 is 6.16 Å². The van der Waals surface area contributed by atoms with Gasteiger partial charge in [-0.3, -0.25) is 4.79 Å². The van der Waals surface area contributed by atoms with Crippen LogP contribution in [0.5, 0.6) is 5.75 Å². The Kier molecular flexibility index (Phi) is 7.59. The molecule has 0 spiro atoms. The third-order valence-corrected chi connectivity index (χ3v) is 3.85. The van der Waals surface area contributed by atoms with E-state index in [1.54, 1.807) is 43.4 Å². The van der Waals surface area contributed by atoms with Gasteiger partial charge in [0.25, 0.3) is 0 Å². The Bertz CT molecular complexity index is 731. The van der Waals surface area contributed by atoms with Crippen molar-refractivity contribution in [3.05, 3.63) is 64.7 Å². The number of carbonyl (C=O) groups excluding carboxylic acids is 2. The summed E-state index contributed by atoms with van der Waals surface area (Å²) in [5, 5.41) is 9.34. The van der Waals surface area contributed by atoms with Crippen LogP contribution in [-0.2, 0) is 4.74 Å². The van der Waals surface area contributed by atoms with Gasteiger partial charge in [-0.1, -0.05) is 11.6 Å². The molecule has 2 rings (SSSR count). The zero-order chi connectivity index (χ0) is 18.9. The SMILES string of the molecule is CN(CCO)CCOC(=O)Oc1ccc(C(=O)c2ccc(Cl)cc2)cc1. The molecule has 0 aliphatic heterocycles. The van der Waals surface area contributed by atoms with E-state index in [4.69, 9.17) is 26.2 Å². The van der Waals surface area contributed by atoms with E-state index in [1.807, 2.05) is 4.90 Å². The minimum Gasteiger partial charge on any atom is -0.433 e. The molecule has 0 aliphatic carbocycles. The van der Waals surface area contributed by atoms with Gasteiger partial charge in [0.2, 0.25) is 0 Å². The van der Waals surface area contributed by atoms with Crippen molar-refractivity contribution in [2.24, 2.45) is 0 Å². The van der Waals surface area contributed by atoms with Crippen LogP contribution in [0.15, 0.2) is 48.5 Å². The van der Waals surface area contributed by atoms with Gasteiger partial charge in [0.15, 0.2) is 5.78 Å². The molecule has 0 atom stereocenters. The lowest BCUT2D eigenvalue weighted by Gasteiger charge is -2.14. The number of likely N-dealkylation sites (N-methyl/N-ethyl adjacent to an activating group) is 1. The highest BCUT2D eigenvalue weighted by Crippen LogP contribution is 2.17. The van der Waals surface area contributed by atoms with Crippen molar-refractivity contribution < 1.29 is 24.2 Å². The summed E-state index contributed by atoms with van der Waals surface area (Å²) in [7, 11) is 1.81. The van der Waals surface area contributed by atoms with Crippen LogP contribution >= 0.6 is 11.6 Å². The first-order chi connectivity index (χ1) is 12.5. The molecular formula is C19H20ClNO5. The van der Waals surface area contributed by atoms with Crippen molar-refractivity contribution in [2.75, 3.05) is 33.4 Å². The van der Waals surface area contributed by atoms with Gasteiger partial charge in [-0.05, 0) is 55.6 Å². The largest absolute Gasteiger partial charge is 0.513 e. The maximum atomic E-state index is 12.4. The summed E-state index contributed by atoms with van der Waals surface area (Å²) in [5.41, 5.74) is 0.994. The smallest absolute Gasteiger partial charge is 0.433 e. The van der Waals surface area contributed by atoms with Crippen LogP contribution < -0.4 is 4.74 Å². The van der Waals surface area contributed by atoms with Crippen LogP contribution in [-0.4, -0.2) is 55.3 Å². The monoisotopic (exact) mass is 377 g/mol. The first-order valence-electron chi connectivity index (χ1n) is 8.04. The molecular weight excluding hydrogens is 358 g/mol. The van der Waals surface area contributed by atoms with E-state index in [0.29, 0.717) is 29.2 Å². The molecule has 0 saturated carbocycles. The molecule has 26 heavy (non-hydrogen) atoms. The Morgan fingerprint density at radius 1 is 1.00 bits per heavy atom. The molecule has 0 amide bonds. The van der Waals surface area contributed by atoms with Gasteiger partial charge >= 0.3 is 6.16 Å². The molecule has 0 aromatic heterocycles. The summed E-state index contributed by atoms with van der Waals surface area (Å²) in [6.45, 7) is 1.19. The normalized spacial score (nSPS) is 10.6. The van der Waals surface area contributed by atoms with E-state index in [9.17, 15) is 9.59 Å². The second-order valence-corrected chi connectivity index (χ2v) is 6.02. The molecule has 2 aromatic rings. The van der Waals surface area contributed by atoms with Gasteiger partial charge in [0.1, 0.15) is 12.4 Å². The minimum absolute atomic E-state index is 0.0437. The number of benzene rings is 2. The van der Waals surface area contributed by atoms with Crippen molar-refractivity contribution in [3.63, 3.8) is 0 Å². The predicted molar refractivity (Wildman–Crippen MR) is 97.9 cm³/mol. The zero-order valence-corrected chi connectivity index (χ0v) is 15.1. The summed E-state index contributed by atoms with van der Waals surface area (Å²) >= 11 is 5.82. The van der Waals surface area contributed by atoms with Crippen molar-refractivity contribution in [1.82, 2.24) is 4.90 Å². The molecule has 0 saturated heterocycles. The lowest BCUT2D eigenvalue weighted by atomic mass is 10.0. The minimum atomic E-state index is -0.820. The Morgan fingerprint density at radius 2 is 1.58 bits per heavy atom. The number of ketones is 1. The molecule has 7 heteroatoms. The number of hydrogen-bond acceptors (Lipinski definition) is 6. The van der Waals surface area contributed by atoms with E-state index in [1.165, 1.54) is 12.1 Å². The fraction of sp³-hybridized carbons (Fsp3) is 0.263. The van der Waals surface area contributed by atoms with E-state index in [-0.39, 0.29) is 24.7 Å². The van der Waals surface area contributed by atoms with Gasteiger partial charge in [0, 0.05) is 29.2 Å². The van der Waals surface area contributed by atoms with Crippen LogP contribution in [0.4, 0.5) is 4.79 Å². The van der Waals surface area contributed by atoms with Crippen LogP contribution in [0, 0.1) is 0 Å². The zero-order valence-electron chi connectivity index (χ0n) is 14.4. The van der Waals surface area contributed by atoms with Crippen LogP contribution in [0.1, 0.15) is 15.9 Å². The van der Waals surface area contributed by atoms with E-state index in [2.05, 4.69) is 0 Å². The summed E-state index contributed by atoms with van der Waals surface area (Å²) < 4.78 is 10.0. The molecule has 0 radical (unpaired) electrons. The molecule has 0 aliphatic rings. The van der Waals surface area contributed by atoms with Crippen molar-refractivity contribution in [1.29, 1.82) is 0 Å². The van der Waals surface area contributed by atoms with Gasteiger partial charge in [-0.15, -0.1) is 0 Å². The number of aliphatic hydroxyl groups excluding tert-OH is 1. The summed E-state index contributed by atoms with van der Waals surface area (Å²) in [6, 6.07) is 12.8. The lowest BCUT2D eigenvalue weighted by molar-refractivity contribution is 0.0880. The average molecular weight is 378 g/mol. The molecule has 0 unspecified atom stereocenters. The number of halogens is 1. The molecule has 2 aromatic carbocycles. The standard InChI is InChI=1S/C19H20ClNO5/c1-21(10-12-22)11-13-25-19(24)26-17-8-4-15(5-9-17)18(23)14-2-6-16(20)7-3-14/h2-9,22H,10-13H2,1H3. The van der Waals surface area contributed by atoms with Crippen molar-refractivity contribution in [2.45, 2.75) is 0 Å². The second kappa shape index (κ2) is 9.91. The number of carbonyl (C=O) groups is 2. The Balaban J connectivity index is 1.86. The van der Waals surface area contributed by atoms with Crippen LogP contribution in [0.3, 0.4) is 0 Å². The summed E-state index contributed by atoms with van der Waals surface area (Å²) in [6.07, 6.45) is -0.820. The topological polar surface area (TPSA) is 76.1 Å². The summed E-state index contributed by atoms with van der Waals surface area (Å²) in [4.78, 5) is 25.8. The van der Waals surface area contributed by atoms with Crippen LogP contribution in [0.25, 0.3) is 0 Å². The quantitative estimate of drug-likeness (QED) is 0.433. The molecule has 0 heterocycles. The number of rotatable bonds is 8. The Hall–Kier alpha value is -2.41. The number of aliphatic hydroxyl groups is 1. The average Bonchev–Trinajstić information content (AvgIpc) is 2.62. The molecule has 1 N–H and O–H groups in total. The maximum absolute atomic E-state index is 12.4. The highest BCUT2D eigenvalue weighted by molar-refractivity contribution is 6.30. The second-order valence-electron chi connectivity index (χ2n) is 5.59. The number of hydrogen-bond donors (Lipinski definition) is 1. The Morgan fingerprint density at radius 3 is 2.15 bits per heavy atom. The first-order valence-corrected chi connectivity index (χ1v) is 8.41. The molecule has 0 fully saturated rings. The first kappa shape index (κ1) is 19.9. The third-order valence-electron chi connectivity index (χ3n) is 3.60. The highest BCUT2D eigenvalue weighted by Gasteiger charge is 2.11. The van der Waals surface area contributed by atoms with Gasteiger partial charge in [0.05, 0.1) is 6.61 Å². The van der Waals surface area contributed by atoms with Crippen LogP contribution in [0.2, 0.25) is 5.02 Å². The van der Waals surface area contributed by atoms with E-state index >= 15 is 0 Å². The molecule has 6 nitrogen and oxygen atoms in total. The van der Waals surface area contributed by atoms with Gasteiger partial charge in [-0.25, -0.2) is 4.79 Å². The molecule has 0 bridgehead atoms. The highest BCUT2D eigenvalue weighted by atomic mass is 35.5. The maximum Gasteiger partial charge on any atom is 0.513 e. The predicted octanol–water partition coefficient (Wildman–Crippen LogP) is 3.01.